The summed E-state index contributed by atoms with van der Waals surface area (Å²) in [6, 6.07) is 4.29. The second-order valence-corrected chi connectivity index (χ2v) is 6.91. The molecule has 1 saturated heterocycles. The quantitative estimate of drug-likeness (QED) is 0.857. The fourth-order valence-corrected chi connectivity index (χ4v) is 3.71. The molecule has 0 aromatic carbocycles. The lowest BCUT2D eigenvalue weighted by Gasteiger charge is -2.30. The van der Waals surface area contributed by atoms with E-state index in [9.17, 15) is 4.79 Å². The van der Waals surface area contributed by atoms with Gasteiger partial charge < -0.3 is 14.2 Å². The van der Waals surface area contributed by atoms with Crippen molar-refractivity contribution in [2.75, 3.05) is 13.2 Å². The molecule has 0 aliphatic carbocycles. The molecule has 0 N–H and O–H groups in total. The Kier molecular flexibility index (Phi) is 5.16. The first-order valence-electron chi connectivity index (χ1n) is 9.02. The number of nitrogens with zero attached hydrogens (tertiary/aromatic N) is 4. The van der Waals surface area contributed by atoms with Crippen molar-refractivity contribution >= 4 is 5.91 Å². The van der Waals surface area contributed by atoms with Crippen molar-refractivity contribution in [2.45, 2.75) is 45.6 Å². The van der Waals surface area contributed by atoms with Gasteiger partial charge in [0, 0.05) is 32.5 Å². The molecule has 1 unspecified atom stereocenters. The van der Waals surface area contributed by atoms with Crippen molar-refractivity contribution in [1.82, 2.24) is 19.2 Å². The van der Waals surface area contributed by atoms with Crippen LogP contribution in [0.1, 0.15) is 48.8 Å². The maximum Gasteiger partial charge on any atom is 0.261 e. The number of carbonyl (C=O) groups excluding carboxylic acids is 1. The second kappa shape index (κ2) is 7.33. The molecule has 3 rings (SSSR count). The molecule has 2 aromatic rings. The lowest BCUT2D eigenvalue weighted by Crippen LogP contribution is -2.38. The van der Waals surface area contributed by atoms with Crippen LogP contribution >= 0.6 is 0 Å². The van der Waals surface area contributed by atoms with Gasteiger partial charge in [0.25, 0.3) is 5.91 Å². The average Bonchev–Trinajstić information content (AvgIpc) is 2.99. The number of aryl methyl sites for hydroxylation is 3. The molecule has 1 aliphatic rings. The minimum atomic E-state index is 0.0516. The van der Waals surface area contributed by atoms with E-state index in [1.54, 1.807) is 4.68 Å². The van der Waals surface area contributed by atoms with Crippen LogP contribution < -0.4 is 4.74 Å². The standard InChI is InChI=1S/C19H28N4O2/c1-14-19(15(2)22(4)20-14)25-13-18(24)23-12-7-5-6-9-17(23)16-10-8-11-21(16)3/h8,10-11,17H,5-7,9,12-13H2,1-4H3. The molecule has 1 atom stereocenters. The fraction of sp³-hybridized carbons (Fsp3) is 0.579. The zero-order chi connectivity index (χ0) is 18.0. The maximum absolute atomic E-state index is 12.9. The first-order valence-corrected chi connectivity index (χ1v) is 9.02. The second-order valence-electron chi connectivity index (χ2n) is 6.91. The van der Waals surface area contributed by atoms with Gasteiger partial charge in [-0.15, -0.1) is 0 Å². The summed E-state index contributed by atoms with van der Waals surface area (Å²) >= 11 is 0. The van der Waals surface area contributed by atoms with Gasteiger partial charge in [0.1, 0.15) is 5.69 Å². The minimum absolute atomic E-state index is 0.0516. The third kappa shape index (κ3) is 3.57. The van der Waals surface area contributed by atoms with E-state index in [1.165, 1.54) is 12.1 Å². The van der Waals surface area contributed by atoms with Crippen molar-refractivity contribution in [3.8, 4) is 5.75 Å². The van der Waals surface area contributed by atoms with Crippen LogP contribution in [0.3, 0.4) is 0 Å². The van der Waals surface area contributed by atoms with Gasteiger partial charge in [0.05, 0.1) is 11.7 Å². The lowest BCUT2D eigenvalue weighted by molar-refractivity contribution is -0.136. The van der Waals surface area contributed by atoms with Crippen LogP contribution in [-0.4, -0.2) is 38.3 Å². The summed E-state index contributed by atoms with van der Waals surface area (Å²) in [5, 5.41) is 4.35. The summed E-state index contributed by atoms with van der Waals surface area (Å²) in [6.45, 7) is 4.72. The molecular formula is C19H28N4O2. The number of hydrogen-bond acceptors (Lipinski definition) is 3. The number of carbonyl (C=O) groups is 1. The van der Waals surface area contributed by atoms with Crippen LogP contribution in [-0.2, 0) is 18.9 Å². The molecule has 1 amide bonds. The largest absolute Gasteiger partial charge is 0.480 e. The van der Waals surface area contributed by atoms with E-state index in [-0.39, 0.29) is 18.6 Å². The van der Waals surface area contributed by atoms with E-state index in [1.807, 2.05) is 45.1 Å². The maximum atomic E-state index is 12.9. The molecule has 1 aliphatic heterocycles. The highest BCUT2D eigenvalue weighted by Gasteiger charge is 2.28. The van der Waals surface area contributed by atoms with Crippen molar-refractivity contribution < 1.29 is 9.53 Å². The normalized spacial score (nSPS) is 18.2. The number of aromatic nitrogens is 3. The van der Waals surface area contributed by atoms with Crippen LogP contribution in [0.15, 0.2) is 18.3 Å². The first kappa shape index (κ1) is 17.6. The molecule has 0 radical (unpaired) electrons. The molecule has 136 valence electrons. The monoisotopic (exact) mass is 344 g/mol. The predicted molar refractivity (Wildman–Crippen MR) is 96.5 cm³/mol. The van der Waals surface area contributed by atoms with E-state index < -0.39 is 0 Å². The van der Waals surface area contributed by atoms with Gasteiger partial charge in [-0.05, 0) is 38.8 Å². The third-order valence-corrected chi connectivity index (χ3v) is 5.18. The molecule has 25 heavy (non-hydrogen) atoms. The van der Waals surface area contributed by atoms with E-state index in [0.29, 0.717) is 0 Å². The fourth-order valence-electron chi connectivity index (χ4n) is 3.71. The molecule has 0 saturated carbocycles. The molecule has 6 nitrogen and oxygen atoms in total. The summed E-state index contributed by atoms with van der Waals surface area (Å²) < 4.78 is 9.76. The Morgan fingerprint density at radius 1 is 1.28 bits per heavy atom. The molecule has 3 heterocycles. The Morgan fingerprint density at radius 3 is 2.72 bits per heavy atom. The van der Waals surface area contributed by atoms with Gasteiger partial charge in [-0.3, -0.25) is 9.48 Å². The zero-order valence-electron chi connectivity index (χ0n) is 15.7. The van der Waals surface area contributed by atoms with Gasteiger partial charge in [-0.2, -0.15) is 5.10 Å². The topological polar surface area (TPSA) is 52.3 Å². The summed E-state index contributed by atoms with van der Waals surface area (Å²) in [6.07, 6.45) is 6.43. The van der Waals surface area contributed by atoms with Crippen molar-refractivity contribution in [3.63, 3.8) is 0 Å². The molecular weight excluding hydrogens is 316 g/mol. The molecule has 2 aromatic heterocycles. The van der Waals surface area contributed by atoms with Crippen LogP contribution in [0.2, 0.25) is 0 Å². The Morgan fingerprint density at radius 2 is 2.08 bits per heavy atom. The van der Waals surface area contributed by atoms with E-state index in [2.05, 4.69) is 15.7 Å². The van der Waals surface area contributed by atoms with Gasteiger partial charge in [-0.25, -0.2) is 0 Å². The van der Waals surface area contributed by atoms with Crippen LogP contribution in [0, 0.1) is 13.8 Å². The Labute approximate surface area is 149 Å². The highest BCUT2D eigenvalue weighted by atomic mass is 16.5. The Balaban J connectivity index is 1.75. The first-order chi connectivity index (χ1) is 12.0. The van der Waals surface area contributed by atoms with Gasteiger partial charge in [0.2, 0.25) is 0 Å². The SMILES string of the molecule is Cc1nn(C)c(C)c1OCC(=O)N1CCCCCC1c1cccn1C. The third-order valence-electron chi connectivity index (χ3n) is 5.18. The van der Waals surface area contributed by atoms with Gasteiger partial charge in [-0.1, -0.05) is 12.8 Å². The van der Waals surface area contributed by atoms with Gasteiger partial charge >= 0.3 is 0 Å². The summed E-state index contributed by atoms with van der Waals surface area (Å²) in [7, 11) is 3.93. The highest BCUT2D eigenvalue weighted by Crippen LogP contribution is 2.30. The predicted octanol–water partition coefficient (Wildman–Crippen LogP) is 2.90. The molecule has 6 heteroatoms. The molecule has 0 bridgehead atoms. The minimum Gasteiger partial charge on any atom is -0.480 e. The molecule has 0 spiro atoms. The van der Waals surface area contributed by atoms with Crippen molar-refractivity contribution in [3.05, 3.63) is 35.4 Å². The van der Waals surface area contributed by atoms with Crippen LogP contribution in [0.4, 0.5) is 0 Å². The van der Waals surface area contributed by atoms with Crippen LogP contribution in [0.5, 0.6) is 5.75 Å². The van der Waals surface area contributed by atoms with Crippen molar-refractivity contribution in [1.29, 1.82) is 0 Å². The van der Waals surface area contributed by atoms with E-state index >= 15 is 0 Å². The number of ether oxygens (including phenoxy) is 1. The smallest absolute Gasteiger partial charge is 0.261 e. The summed E-state index contributed by atoms with van der Waals surface area (Å²) in [5.74, 6) is 0.775. The number of amides is 1. The van der Waals surface area contributed by atoms with Gasteiger partial charge in [0.15, 0.2) is 12.4 Å². The summed E-state index contributed by atoms with van der Waals surface area (Å²) in [5.41, 5.74) is 2.96. The Hall–Kier alpha value is -2.24. The zero-order valence-corrected chi connectivity index (χ0v) is 15.7. The Bertz CT molecular complexity index is 747. The van der Waals surface area contributed by atoms with Crippen molar-refractivity contribution in [2.24, 2.45) is 14.1 Å². The lowest BCUT2D eigenvalue weighted by atomic mass is 10.1. The van der Waals surface area contributed by atoms with E-state index in [0.717, 1.165) is 42.9 Å². The highest BCUT2D eigenvalue weighted by molar-refractivity contribution is 5.78. The number of rotatable bonds is 4. The number of hydrogen-bond donors (Lipinski definition) is 0. The van der Waals surface area contributed by atoms with Crippen LogP contribution in [0.25, 0.3) is 0 Å². The van der Waals surface area contributed by atoms with E-state index in [4.69, 9.17) is 4.74 Å². The summed E-state index contributed by atoms with van der Waals surface area (Å²) in [4.78, 5) is 14.9. The number of likely N-dealkylation sites (tertiary alicyclic amines) is 1. The average molecular weight is 344 g/mol. The molecule has 1 fully saturated rings.